The van der Waals surface area contributed by atoms with Crippen molar-refractivity contribution >= 4 is 22.8 Å². The summed E-state index contributed by atoms with van der Waals surface area (Å²) in [7, 11) is 0. The maximum absolute atomic E-state index is 12.6. The summed E-state index contributed by atoms with van der Waals surface area (Å²) in [6, 6.07) is 3.86. The lowest BCUT2D eigenvalue weighted by Gasteiger charge is -2.63. The van der Waals surface area contributed by atoms with Gasteiger partial charge >= 0.3 is 0 Å². The van der Waals surface area contributed by atoms with E-state index in [1.54, 1.807) is 24.2 Å². The number of carbonyl (C=O) groups excluding carboxylic acids is 1. The summed E-state index contributed by atoms with van der Waals surface area (Å²) in [5.41, 5.74) is 1.70. The highest BCUT2D eigenvalue weighted by Crippen LogP contribution is 2.67. The van der Waals surface area contributed by atoms with E-state index in [-0.39, 0.29) is 11.4 Å². The zero-order chi connectivity index (χ0) is 16.4. The van der Waals surface area contributed by atoms with Crippen LogP contribution in [-0.2, 0) is 9.54 Å². The molecule has 0 aromatic carbocycles. The van der Waals surface area contributed by atoms with Crippen LogP contribution in [0.4, 0.5) is 0 Å². The van der Waals surface area contributed by atoms with Crippen molar-refractivity contribution in [2.24, 2.45) is 16.3 Å². The molecule has 126 valence electrons. The molecule has 4 aliphatic carbocycles. The molecule has 4 saturated carbocycles. The Labute approximate surface area is 146 Å². The predicted octanol–water partition coefficient (Wildman–Crippen LogP) is 3.63. The zero-order valence-corrected chi connectivity index (χ0v) is 14.9. The van der Waals surface area contributed by atoms with Crippen LogP contribution in [-0.4, -0.2) is 21.6 Å². The van der Waals surface area contributed by atoms with E-state index in [1.807, 2.05) is 19.1 Å². The Hall–Kier alpha value is -1.36. The maximum Gasteiger partial charge on any atom is 0.246 e. The molecule has 3 bridgehead atoms. The number of aliphatic imine (C=N–C) groups is 1. The average molecular weight is 341 g/mol. The number of nitrogens with zero attached hydrogens (tertiary/aromatic N) is 2. The molecule has 2 atom stereocenters. The molecule has 2 unspecified atom stereocenters. The summed E-state index contributed by atoms with van der Waals surface area (Å²) in [6.45, 7) is 1.99. The predicted molar refractivity (Wildman–Crippen MR) is 95.7 cm³/mol. The summed E-state index contributed by atoms with van der Waals surface area (Å²) in [6.07, 6.45) is 12.8. The van der Waals surface area contributed by atoms with Crippen LogP contribution < -0.4 is 5.32 Å². The maximum atomic E-state index is 12.6. The lowest BCUT2D eigenvalue weighted by atomic mass is 9.43. The smallest absolute Gasteiger partial charge is 0.246 e. The van der Waals surface area contributed by atoms with Crippen molar-refractivity contribution in [2.45, 2.75) is 62.2 Å². The first kappa shape index (κ1) is 14.9. The Bertz CT molecular complexity index is 720. The van der Waals surface area contributed by atoms with Crippen molar-refractivity contribution in [1.82, 2.24) is 10.3 Å². The molecule has 1 spiro atoms. The standard InChI is InChI=1S/C19H23N3OS/c1-17(14-4-7-20-8-5-14)15(23)21-16(24-17)22-19-10-13-3-2-6-18(9-13,11-19)12-19/h4-5,7-8,13H,2-3,6,9-12H2,1H3,(H,21,22,23). The van der Waals surface area contributed by atoms with E-state index >= 15 is 0 Å². The molecule has 5 heteroatoms. The normalized spacial score (nSPS) is 45.0. The number of thioether (sulfide) groups is 1. The number of rotatable bonds is 2. The second-order valence-electron chi connectivity index (χ2n) is 8.49. The molecule has 1 aromatic rings. The van der Waals surface area contributed by atoms with Crippen LogP contribution in [0.15, 0.2) is 29.5 Å². The van der Waals surface area contributed by atoms with E-state index in [1.165, 1.54) is 44.9 Å². The molecule has 1 aromatic heterocycles. The van der Waals surface area contributed by atoms with Crippen LogP contribution in [0.1, 0.15) is 57.4 Å². The molecule has 0 radical (unpaired) electrons. The first-order chi connectivity index (χ1) is 11.5. The molecule has 1 saturated heterocycles. The SMILES string of the molecule is CC1(c2ccncc2)SC(=NC23CC4CCCC(C4)(C2)C3)NC1=O. The molecule has 6 rings (SSSR count). The highest BCUT2D eigenvalue weighted by molar-refractivity contribution is 8.15. The fraction of sp³-hybridized carbons (Fsp3) is 0.632. The van der Waals surface area contributed by atoms with E-state index in [2.05, 4.69) is 10.3 Å². The minimum absolute atomic E-state index is 0.0406. The molecular formula is C19H23N3OS. The van der Waals surface area contributed by atoms with Gasteiger partial charge in [-0.3, -0.25) is 14.8 Å². The number of hydrogen-bond acceptors (Lipinski definition) is 4. The third-order valence-corrected chi connectivity index (χ3v) is 7.86. The second kappa shape index (κ2) is 4.84. The van der Waals surface area contributed by atoms with Crippen molar-refractivity contribution in [3.8, 4) is 0 Å². The van der Waals surface area contributed by atoms with Crippen LogP contribution in [0.25, 0.3) is 0 Å². The van der Waals surface area contributed by atoms with Gasteiger partial charge in [0.1, 0.15) is 4.75 Å². The molecule has 5 aliphatic rings. The second-order valence-corrected chi connectivity index (χ2v) is 9.89. The molecule has 4 nitrogen and oxygen atoms in total. The summed E-state index contributed by atoms with van der Waals surface area (Å²) in [5, 5.41) is 3.88. The third-order valence-electron chi connectivity index (χ3n) is 6.64. The number of pyridine rings is 1. The van der Waals surface area contributed by atoms with E-state index in [4.69, 9.17) is 4.99 Å². The number of nitrogens with one attached hydrogen (secondary N) is 1. The van der Waals surface area contributed by atoms with E-state index in [0.717, 1.165) is 16.6 Å². The minimum Gasteiger partial charge on any atom is -0.304 e. The highest BCUT2D eigenvalue weighted by atomic mass is 32.2. The van der Waals surface area contributed by atoms with Crippen molar-refractivity contribution in [1.29, 1.82) is 0 Å². The fourth-order valence-electron chi connectivity index (χ4n) is 5.84. The van der Waals surface area contributed by atoms with Gasteiger partial charge in [-0.15, -0.1) is 0 Å². The molecule has 2 heterocycles. The van der Waals surface area contributed by atoms with Crippen LogP contribution in [0.5, 0.6) is 0 Å². The van der Waals surface area contributed by atoms with Crippen LogP contribution in [0.3, 0.4) is 0 Å². The molecule has 5 fully saturated rings. The minimum atomic E-state index is -0.593. The van der Waals surface area contributed by atoms with Gasteiger partial charge in [-0.05, 0) is 68.1 Å². The van der Waals surface area contributed by atoms with Gasteiger partial charge in [0.05, 0.1) is 5.54 Å². The van der Waals surface area contributed by atoms with Gasteiger partial charge in [0, 0.05) is 12.4 Å². The number of aromatic nitrogens is 1. The summed E-state index contributed by atoms with van der Waals surface area (Å²) in [5.74, 6) is 0.901. The van der Waals surface area contributed by atoms with Gasteiger partial charge in [0.25, 0.3) is 0 Å². The average Bonchev–Trinajstić information content (AvgIpc) is 2.81. The first-order valence-electron chi connectivity index (χ1n) is 9.02. The Morgan fingerprint density at radius 2 is 2.08 bits per heavy atom. The fourth-order valence-corrected chi connectivity index (χ4v) is 7.00. The Balaban J connectivity index is 1.41. The van der Waals surface area contributed by atoms with Crippen LogP contribution in [0, 0.1) is 11.3 Å². The molecule has 24 heavy (non-hydrogen) atoms. The largest absolute Gasteiger partial charge is 0.304 e. The van der Waals surface area contributed by atoms with Gasteiger partial charge in [-0.2, -0.15) is 0 Å². The Morgan fingerprint density at radius 1 is 1.29 bits per heavy atom. The first-order valence-corrected chi connectivity index (χ1v) is 9.84. The molecule has 1 amide bonds. The van der Waals surface area contributed by atoms with Crippen molar-refractivity contribution in [3.63, 3.8) is 0 Å². The van der Waals surface area contributed by atoms with Crippen molar-refractivity contribution < 1.29 is 4.79 Å². The van der Waals surface area contributed by atoms with Gasteiger partial charge in [-0.1, -0.05) is 24.6 Å². The monoisotopic (exact) mass is 341 g/mol. The molecule has 1 aliphatic heterocycles. The Kier molecular flexibility index (Phi) is 3.01. The van der Waals surface area contributed by atoms with E-state index in [9.17, 15) is 4.79 Å². The topological polar surface area (TPSA) is 54.4 Å². The lowest BCUT2D eigenvalue weighted by Crippen LogP contribution is -2.59. The summed E-state index contributed by atoms with van der Waals surface area (Å²) >= 11 is 1.58. The summed E-state index contributed by atoms with van der Waals surface area (Å²) < 4.78 is -0.593. The number of carbonyl (C=O) groups is 1. The Morgan fingerprint density at radius 3 is 2.83 bits per heavy atom. The van der Waals surface area contributed by atoms with E-state index < -0.39 is 4.75 Å². The third kappa shape index (κ3) is 2.10. The van der Waals surface area contributed by atoms with Gasteiger partial charge in [0.15, 0.2) is 5.17 Å². The van der Waals surface area contributed by atoms with Gasteiger partial charge in [-0.25, -0.2) is 0 Å². The van der Waals surface area contributed by atoms with Gasteiger partial charge < -0.3 is 5.32 Å². The van der Waals surface area contributed by atoms with Crippen LogP contribution >= 0.6 is 11.8 Å². The van der Waals surface area contributed by atoms with Crippen molar-refractivity contribution in [3.05, 3.63) is 30.1 Å². The van der Waals surface area contributed by atoms with E-state index in [0.29, 0.717) is 5.41 Å². The van der Waals surface area contributed by atoms with Crippen LogP contribution in [0.2, 0.25) is 0 Å². The number of amides is 1. The molecular weight excluding hydrogens is 318 g/mol. The zero-order valence-electron chi connectivity index (χ0n) is 14.0. The highest BCUT2D eigenvalue weighted by Gasteiger charge is 2.61. The number of hydrogen-bond donors (Lipinski definition) is 1. The van der Waals surface area contributed by atoms with Gasteiger partial charge in [0.2, 0.25) is 5.91 Å². The summed E-state index contributed by atoms with van der Waals surface area (Å²) in [4.78, 5) is 21.8. The quantitative estimate of drug-likeness (QED) is 0.894. The molecule has 1 N–H and O–H groups in total. The lowest BCUT2D eigenvalue weighted by molar-refractivity contribution is -0.121. The number of amidine groups is 1. The van der Waals surface area contributed by atoms with Crippen molar-refractivity contribution in [2.75, 3.05) is 0 Å².